The van der Waals surface area contributed by atoms with E-state index in [9.17, 15) is 19.2 Å². The van der Waals surface area contributed by atoms with Crippen molar-refractivity contribution in [3.63, 3.8) is 0 Å². The van der Waals surface area contributed by atoms with Crippen LogP contribution in [0.5, 0.6) is 0 Å². The van der Waals surface area contributed by atoms with E-state index < -0.39 is 34.4 Å². The van der Waals surface area contributed by atoms with E-state index in [2.05, 4.69) is 25.3 Å². The number of aliphatic carboxylic acids is 4. The van der Waals surface area contributed by atoms with Crippen molar-refractivity contribution in [2.24, 2.45) is 0 Å². The van der Waals surface area contributed by atoms with E-state index in [4.69, 9.17) is 20.4 Å². The summed E-state index contributed by atoms with van der Waals surface area (Å²) >= 11 is 7.00. The lowest BCUT2D eigenvalue weighted by Gasteiger charge is -2.07. The minimum absolute atomic E-state index is 0.558. The predicted molar refractivity (Wildman–Crippen MR) is 65.2 cm³/mol. The predicted octanol–water partition coefficient (Wildman–Crippen LogP) is -0.536. The van der Waals surface area contributed by atoms with Crippen molar-refractivity contribution >= 4 is 49.1 Å². The standard InChI is InChI=1S/C4H6O4S2.C4H4O4/c5-3(6)1(9)2(10)4(7)8;5-3(6)1-2-4(7)8/h1-2,9-10H,(H,5,6)(H,7,8);1-2H,(H,5,6)(H,7,8)/b;2-1+. The first-order chi connectivity index (χ1) is 8.09. The van der Waals surface area contributed by atoms with Gasteiger partial charge in [0.1, 0.15) is 10.5 Å². The maximum Gasteiger partial charge on any atom is 0.328 e. The quantitative estimate of drug-likeness (QED) is 0.293. The van der Waals surface area contributed by atoms with Gasteiger partial charge in [0.2, 0.25) is 0 Å². The third kappa shape index (κ3) is 10.8. The van der Waals surface area contributed by atoms with Crippen molar-refractivity contribution in [1.82, 2.24) is 0 Å². The van der Waals surface area contributed by atoms with Gasteiger partial charge in [-0.15, -0.1) is 0 Å². The average molecular weight is 298 g/mol. The van der Waals surface area contributed by atoms with Crippen molar-refractivity contribution < 1.29 is 39.6 Å². The van der Waals surface area contributed by atoms with Crippen LogP contribution in [0, 0.1) is 0 Å². The Bertz CT molecular complexity index is 330. The Balaban J connectivity index is 0. The van der Waals surface area contributed by atoms with Crippen LogP contribution in [0.1, 0.15) is 0 Å². The van der Waals surface area contributed by atoms with Crippen molar-refractivity contribution in [3.8, 4) is 0 Å². The molecule has 0 aromatic carbocycles. The summed E-state index contributed by atoms with van der Waals surface area (Å²) in [5.74, 6) is -5.09. The lowest BCUT2D eigenvalue weighted by Crippen LogP contribution is -2.31. The molecule has 2 unspecified atom stereocenters. The minimum Gasteiger partial charge on any atom is -0.480 e. The Labute approximate surface area is 112 Å². The summed E-state index contributed by atoms with van der Waals surface area (Å²) in [6, 6.07) is 0. The molecule has 102 valence electrons. The number of thiol groups is 2. The van der Waals surface area contributed by atoms with E-state index >= 15 is 0 Å². The van der Waals surface area contributed by atoms with Gasteiger partial charge in [-0.05, 0) is 0 Å². The van der Waals surface area contributed by atoms with E-state index in [-0.39, 0.29) is 0 Å². The van der Waals surface area contributed by atoms with Crippen LogP contribution >= 0.6 is 25.3 Å². The van der Waals surface area contributed by atoms with E-state index in [1.807, 2.05) is 0 Å². The van der Waals surface area contributed by atoms with Gasteiger partial charge in [0.25, 0.3) is 0 Å². The Kier molecular flexibility index (Phi) is 9.71. The molecule has 2 atom stereocenters. The van der Waals surface area contributed by atoms with Gasteiger partial charge in [-0.2, -0.15) is 25.3 Å². The first kappa shape index (κ1) is 18.7. The highest BCUT2D eigenvalue weighted by Gasteiger charge is 2.26. The molecule has 0 fully saturated rings. The number of rotatable bonds is 5. The molecule has 0 spiro atoms. The second kappa shape index (κ2) is 9.36. The smallest absolute Gasteiger partial charge is 0.328 e. The molecule has 0 saturated heterocycles. The Morgan fingerprint density at radius 2 is 0.944 bits per heavy atom. The SMILES string of the molecule is O=C(O)/C=C/C(=O)O.O=C(O)C(S)C(S)C(=O)O. The number of hydrogen-bond donors (Lipinski definition) is 6. The van der Waals surface area contributed by atoms with E-state index in [1.165, 1.54) is 0 Å². The Morgan fingerprint density at radius 1 is 0.722 bits per heavy atom. The van der Waals surface area contributed by atoms with Gasteiger partial charge >= 0.3 is 23.9 Å². The zero-order chi connectivity index (χ0) is 14.9. The fraction of sp³-hybridized carbons (Fsp3) is 0.250. The van der Waals surface area contributed by atoms with Crippen LogP contribution in [0.15, 0.2) is 12.2 Å². The minimum atomic E-state index is -1.29. The van der Waals surface area contributed by atoms with Crippen LogP contribution in [0.2, 0.25) is 0 Å². The molecule has 4 N–H and O–H groups in total. The zero-order valence-corrected chi connectivity index (χ0v) is 10.4. The molecule has 8 nitrogen and oxygen atoms in total. The molecule has 0 aromatic heterocycles. The van der Waals surface area contributed by atoms with Crippen LogP contribution in [0.4, 0.5) is 0 Å². The normalized spacial score (nSPS) is 13.0. The third-order valence-corrected chi connectivity index (χ3v) is 2.45. The van der Waals surface area contributed by atoms with Crippen LogP contribution < -0.4 is 0 Å². The van der Waals surface area contributed by atoms with Crippen molar-refractivity contribution in [3.05, 3.63) is 12.2 Å². The average Bonchev–Trinajstić information content (AvgIpc) is 2.24. The second-order valence-electron chi connectivity index (χ2n) is 2.58. The first-order valence-corrected chi connectivity index (χ1v) is 5.08. The summed E-state index contributed by atoms with van der Waals surface area (Å²) in [6.07, 6.45) is 1.12. The van der Waals surface area contributed by atoms with Crippen molar-refractivity contribution in [2.75, 3.05) is 0 Å². The zero-order valence-electron chi connectivity index (χ0n) is 8.63. The second-order valence-corrected chi connectivity index (χ2v) is 3.69. The van der Waals surface area contributed by atoms with Gasteiger partial charge in [-0.1, -0.05) is 0 Å². The van der Waals surface area contributed by atoms with Crippen LogP contribution in [0.25, 0.3) is 0 Å². The molecule has 0 heterocycles. The Morgan fingerprint density at radius 3 is 1.06 bits per heavy atom. The highest BCUT2D eigenvalue weighted by Crippen LogP contribution is 2.08. The molecule has 0 rings (SSSR count). The van der Waals surface area contributed by atoms with Gasteiger partial charge in [-0.25, -0.2) is 9.59 Å². The molecule has 0 saturated carbocycles. The summed E-state index contributed by atoms with van der Waals surface area (Å²) in [6.45, 7) is 0. The fourth-order valence-electron chi connectivity index (χ4n) is 0.413. The highest BCUT2D eigenvalue weighted by atomic mass is 32.1. The maximum absolute atomic E-state index is 10.1. The van der Waals surface area contributed by atoms with Gasteiger partial charge in [-0.3, -0.25) is 9.59 Å². The summed E-state index contributed by atoms with van der Waals surface area (Å²) in [4.78, 5) is 39.2. The third-order valence-electron chi connectivity index (χ3n) is 1.17. The summed E-state index contributed by atoms with van der Waals surface area (Å²) < 4.78 is 0. The number of carboxylic acid groups (broad SMARTS) is 4. The molecule has 0 amide bonds. The molecular weight excluding hydrogens is 288 g/mol. The number of carbonyl (C=O) groups is 4. The van der Waals surface area contributed by atoms with Crippen LogP contribution in [-0.4, -0.2) is 54.8 Å². The Hall–Kier alpha value is -1.68. The first-order valence-electron chi connectivity index (χ1n) is 4.05. The topological polar surface area (TPSA) is 149 Å². The number of hydrogen-bond acceptors (Lipinski definition) is 6. The van der Waals surface area contributed by atoms with Crippen LogP contribution in [-0.2, 0) is 19.2 Å². The molecule has 0 radical (unpaired) electrons. The van der Waals surface area contributed by atoms with E-state index in [0.717, 1.165) is 0 Å². The van der Waals surface area contributed by atoms with E-state index in [0.29, 0.717) is 12.2 Å². The maximum atomic E-state index is 10.1. The van der Waals surface area contributed by atoms with Crippen molar-refractivity contribution in [2.45, 2.75) is 10.5 Å². The molecule has 0 aliphatic rings. The molecule has 0 aliphatic heterocycles. The van der Waals surface area contributed by atoms with Crippen LogP contribution in [0.3, 0.4) is 0 Å². The number of carboxylic acids is 4. The summed E-state index contributed by atoms with van der Waals surface area (Å²) in [5.41, 5.74) is 0. The molecular formula is C8H10O8S2. The summed E-state index contributed by atoms with van der Waals surface area (Å²) in [7, 11) is 0. The molecule has 0 bridgehead atoms. The molecule has 18 heavy (non-hydrogen) atoms. The van der Waals surface area contributed by atoms with E-state index in [1.54, 1.807) is 0 Å². The van der Waals surface area contributed by atoms with Gasteiger partial charge < -0.3 is 20.4 Å². The van der Waals surface area contributed by atoms with Gasteiger partial charge in [0.15, 0.2) is 0 Å². The van der Waals surface area contributed by atoms with Gasteiger partial charge in [0, 0.05) is 12.2 Å². The van der Waals surface area contributed by atoms with Crippen molar-refractivity contribution in [1.29, 1.82) is 0 Å². The lowest BCUT2D eigenvalue weighted by molar-refractivity contribution is -0.142. The molecule has 0 aliphatic carbocycles. The highest BCUT2D eigenvalue weighted by molar-refractivity contribution is 7.86. The van der Waals surface area contributed by atoms with Gasteiger partial charge in [0.05, 0.1) is 0 Å². The molecule has 10 heteroatoms. The largest absolute Gasteiger partial charge is 0.480 e. The monoisotopic (exact) mass is 298 g/mol. The summed E-state index contributed by atoms with van der Waals surface area (Å²) in [5, 5.41) is 29.5. The molecule has 0 aromatic rings. The lowest BCUT2D eigenvalue weighted by atomic mass is 10.3. The fourth-order valence-corrected chi connectivity index (χ4v) is 0.668.